The van der Waals surface area contributed by atoms with Gasteiger partial charge in [0.05, 0.1) is 19.9 Å². The van der Waals surface area contributed by atoms with E-state index in [-0.39, 0.29) is 5.91 Å². The number of carbonyl (C=O) groups excluding carboxylic acids is 2. The molecular formula is C19H27N3O4. The molecule has 26 heavy (non-hydrogen) atoms. The highest BCUT2D eigenvalue weighted by Crippen LogP contribution is 2.28. The normalized spacial score (nSPS) is 20.2. The van der Waals surface area contributed by atoms with Crippen molar-refractivity contribution in [3.05, 3.63) is 23.8 Å². The maximum absolute atomic E-state index is 12.3. The van der Waals surface area contributed by atoms with Crippen molar-refractivity contribution in [1.29, 1.82) is 0 Å². The molecule has 0 unspecified atom stereocenters. The summed E-state index contributed by atoms with van der Waals surface area (Å²) in [4.78, 5) is 24.3. The number of hydrogen-bond acceptors (Lipinski definition) is 5. The second-order valence-corrected chi connectivity index (χ2v) is 6.92. The number of rotatable bonds is 8. The van der Waals surface area contributed by atoms with Crippen molar-refractivity contribution >= 4 is 18.2 Å². The van der Waals surface area contributed by atoms with Crippen LogP contribution in [0.2, 0.25) is 0 Å². The molecule has 1 fully saturated rings. The molecule has 1 N–H and O–H groups in total. The molecule has 1 aliphatic rings. The van der Waals surface area contributed by atoms with Crippen LogP contribution >= 0.6 is 0 Å². The summed E-state index contributed by atoms with van der Waals surface area (Å²) in [7, 11) is 1.57. The Hall–Kier alpha value is -2.57. The number of amides is 3. The van der Waals surface area contributed by atoms with Crippen molar-refractivity contribution < 1.29 is 19.1 Å². The van der Waals surface area contributed by atoms with Crippen LogP contribution in [0.5, 0.6) is 11.5 Å². The molecule has 1 aromatic carbocycles. The van der Waals surface area contributed by atoms with Crippen molar-refractivity contribution in [3.63, 3.8) is 0 Å². The highest BCUT2D eigenvalue weighted by atomic mass is 16.5. The fraction of sp³-hybridized carbons (Fsp3) is 0.526. The van der Waals surface area contributed by atoms with Crippen LogP contribution in [0.4, 0.5) is 4.79 Å². The molecule has 1 heterocycles. The molecule has 0 spiro atoms. The van der Waals surface area contributed by atoms with Gasteiger partial charge >= 0.3 is 6.03 Å². The summed E-state index contributed by atoms with van der Waals surface area (Å²) in [5, 5.41) is 7.56. The largest absolute Gasteiger partial charge is 0.493 e. The van der Waals surface area contributed by atoms with Crippen molar-refractivity contribution in [3.8, 4) is 11.5 Å². The zero-order valence-electron chi connectivity index (χ0n) is 16.0. The topological polar surface area (TPSA) is 80.2 Å². The maximum atomic E-state index is 12.3. The zero-order valence-corrected chi connectivity index (χ0v) is 16.0. The molecule has 0 bridgehead atoms. The Morgan fingerprint density at radius 1 is 1.31 bits per heavy atom. The summed E-state index contributed by atoms with van der Waals surface area (Å²) in [6.07, 6.45) is 2.91. The lowest BCUT2D eigenvalue weighted by atomic mass is 10.00. The van der Waals surface area contributed by atoms with Gasteiger partial charge in [-0.2, -0.15) is 5.10 Å². The summed E-state index contributed by atoms with van der Waals surface area (Å²) < 4.78 is 11.1. The molecule has 142 valence electrons. The molecular weight excluding hydrogens is 334 g/mol. The van der Waals surface area contributed by atoms with E-state index >= 15 is 0 Å². The van der Waals surface area contributed by atoms with Crippen LogP contribution in [0.25, 0.3) is 0 Å². The molecule has 3 amide bonds. The van der Waals surface area contributed by atoms with Crippen molar-refractivity contribution in [1.82, 2.24) is 10.3 Å². The summed E-state index contributed by atoms with van der Waals surface area (Å²) >= 11 is 0. The molecule has 0 aromatic heterocycles. The van der Waals surface area contributed by atoms with Crippen LogP contribution in [-0.2, 0) is 4.79 Å². The van der Waals surface area contributed by atoms with Crippen LogP contribution in [-0.4, -0.2) is 42.4 Å². The van der Waals surface area contributed by atoms with Crippen LogP contribution in [0, 0.1) is 5.92 Å². The smallest absolute Gasteiger partial charge is 0.346 e. The number of nitrogens with one attached hydrogen (secondary N) is 1. The number of urea groups is 1. The average Bonchev–Trinajstić information content (AvgIpc) is 2.83. The molecule has 7 nitrogen and oxygen atoms in total. The number of imide groups is 1. The van der Waals surface area contributed by atoms with E-state index in [0.717, 1.165) is 11.4 Å². The number of hydrogen-bond donors (Lipinski definition) is 1. The molecule has 1 saturated heterocycles. The van der Waals surface area contributed by atoms with E-state index < -0.39 is 11.6 Å². The first kappa shape index (κ1) is 19.8. The van der Waals surface area contributed by atoms with Gasteiger partial charge in [-0.05, 0) is 49.4 Å². The second kappa shape index (κ2) is 8.21. The number of carbonyl (C=O) groups is 2. The van der Waals surface area contributed by atoms with E-state index in [1.807, 2.05) is 6.92 Å². The molecule has 0 saturated carbocycles. The first-order valence-corrected chi connectivity index (χ1v) is 8.82. The monoisotopic (exact) mass is 361 g/mol. The first-order valence-electron chi connectivity index (χ1n) is 8.82. The van der Waals surface area contributed by atoms with Gasteiger partial charge < -0.3 is 14.8 Å². The highest BCUT2D eigenvalue weighted by Gasteiger charge is 2.46. The molecule has 1 aromatic rings. The van der Waals surface area contributed by atoms with Gasteiger partial charge in [0.2, 0.25) is 0 Å². The predicted molar refractivity (Wildman–Crippen MR) is 99.6 cm³/mol. The van der Waals surface area contributed by atoms with Gasteiger partial charge in [-0.1, -0.05) is 20.8 Å². The Kier molecular flexibility index (Phi) is 6.23. The minimum atomic E-state index is -0.903. The number of nitrogens with zero attached hydrogens (tertiary/aromatic N) is 2. The van der Waals surface area contributed by atoms with Crippen LogP contribution in [0.15, 0.2) is 23.3 Å². The molecule has 7 heteroatoms. The van der Waals surface area contributed by atoms with E-state index in [2.05, 4.69) is 24.3 Å². The van der Waals surface area contributed by atoms with E-state index in [1.165, 1.54) is 6.21 Å². The molecule has 2 rings (SSSR count). The third-order valence-electron chi connectivity index (χ3n) is 4.41. The Morgan fingerprint density at radius 2 is 2.04 bits per heavy atom. The Morgan fingerprint density at radius 3 is 2.62 bits per heavy atom. The molecule has 1 aliphatic heterocycles. The van der Waals surface area contributed by atoms with Crippen LogP contribution in [0.3, 0.4) is 0 Å². The van der Waals surface area contributed by atoms with Gasteiger partial charge in [0.15, 0.2) is 11.5 Å². The van der Waals surface area contributed by atoms with Crippen LogP contribution in [0.1, 0.15) is 46.1 Å². The lowest BCUT2D eigenvalue weighted by molar-refractivity contribution is -0.130. The highest BCUT2D eigenvalue weighted by molar-refractivity contribution is 6.07. The number of benzene rings is 1. The summed E-state index contributed by atoms with van der Waals surface area (Å²) in [6, 6.07) is 4.83. The summed E-state index contributed by atoms with van der Waals surface area (Å²) in [6.45, 7) is 8.42. The van der Waals surface area contributed by atoms with Crippen molar-refractivity contribution in [2.24, 2.45) is 11.0 Å². The lowest BCUT2D eigenvalue weighted by Crippen LogP contribution is -2.42. The van der Waals surface area contributed by atoms with Gasteiger partial charge in [0, 0.05) is 0 Å². The van der Waals surface area contributed by atoms with Gasteiger partial charge in [0.1, 0.15) is 5.54 Å². The van der Waals surface area contributed by atoms with E-state index in [1.54, 1.807) is 32.2 Å². The fourth-order valence-electron chi connectivity index (χ4n) is 2.43. The average molecular weight is 361 g/mol. The number of methoxy groups -OCH3 is 1. The number of hydrazone groups is 1. The second-order valence-electron chi connectivity index (χ2n) is 6.92. The van der Waals surface area contributed by atoms with Gasteiger partial charge in [-0.3, -0.25) is 4.79 Å². The summed E-state index contributed by atoms with van der Waals surface area (Å²) in [5.74, 6) is 1.43. The molecule has 1 atom stereocenters. The SMILES string of the molecule is CC[C@@]1(C)NC(=O)N(/N=C\c2ccc(OCCC(C)C)c(OC)c2)C1=O. The van der Waals surface area contributed by atoms with Gasteiger partial charge in [-0.25, -0.2) is 4.79 Å². The Bertz CT molecular complexity index is 702. The molecule has 0 radical (unpaired) electrons. The van der Waals surface area contributed by atoms with Crippen molar-refractivity contribution in [2.75, 3.05) is 13.7 Å². The number of ether oxygens (including phenoxy) is 2. The third-order valence-corrected chi connectivity index (χ3v) is 4.41. The van der Waals surface area contributed by atoms with E-state index in [9.17, 15) is 9.59 Å². The minimum Gasteiger partial charge on any atom is -0.493 e. The first-order chi connectivity index (χ1) is 12.3. The van der Waals surface area contributed by atoms with Gasteiger partial charge in [0.25, 0.3) is 5.91 Å². The van der Waals surface area contributed by atoms with Crippen molar-refractivity contribution in [2.45, 2.75) is 46.1 Å². The quantitative estimate of drug-likeness (QED) is 0.570. The van der Waals surface area contributed by atoms with Crippen LogP contribution < -0.4 is 14.8 Å². The third kappa shape index (κ3) is 4.33. The standard InChI is InChI=1S/C19H27N3O4/c1-6-19(4)17(23)22(18(24)21-19)20-12-14-7-8-15(16(11-14)25-5)26-10-9-13(2)3/h7-8,11-13H,6,9-10H2,1-5H3,(H,21,24)/b20-12-/t19-/m1/s1. The predicted octanol–water partition coefficient (Wildman–Crippen LogP) is 3.17. The Balaban J connectivity index is 2.11. The summed E-state index contributed by atoms with van der Waals surface area (Å²) in [5.41, 5.74) is -0.205. The zero-order chi connectivity index (χ0) is 19.3. The fourth-order valence-corrected chi connectivity index (χ4v) is 2.43. The van der Waals surface area contributed by atoms with Gasteiger partial charge in [-0.15, -0.1) is 5.01 Å². The Labute approximate surface area is 154 Å². The lowest BCUT2D eigenvalue weighted by Gasteiger charge is -2.17. The molecule has 0 aliphatic carbocycles. The van der Waals surface area contributed by atoms with E-state index in [4.69, 9.17) is 9.47 Å². The van der Waals surface area contributed by atoms with E-state index in [0.29, 0.717) is 36.0 Å². The minimum absolute atomic E-state index is 0.359. The maximum Gasteiger partial charge on any atom is 0.346 e.